The number of nitrogens with two attached hydrogens (primary N) is 2. The van der Waals surface area contributed by atoms with Gasteiger partial charge in [0.1, 0.15) is 16.9 Å². The Hall–Kier alpha value is -6.85. The fourth-order valence-corrected chi connectivity index (χ4v) is 4.75. The summed E-state index contributed by atoms with van der Waals surface area (Å²) in [7, 11) is -4.34. The molecule has 0 saturated carbocycles. The first-order chi connectivity index (χ1) is 23.8. The fraction of sp³-hybridized carbons (Fsp3) is 0.0303. The van der Waals surface area contributed by atoms with Crippen LogP contribution in [-0.2, 0) is 19.7 Å². The van der Waals surface area contributed by atoms with Crippen LogP contribution in [0.1, 0.15) is 11.1 Å². The Bertz CT molecular complexity index is 2280. The van der Waals surface area contributed by atoms with Gasteiger partial charge in [-0.25, -0.2) is 9.79 Å². The Morgan fingerprint density at radius 3 is 2.00 bits per heavy atom. The summed E-state index contributed by atoms with van der Waals surface area (Å²) < 4.78 is 31.6. The molecule has 50 heavy (non-hydrogen) atoms. The molecule has 0 spiro atoms. The molecule has 5 rings (SSSR count). The topological polar surface area (TPSA) is 267 Å². The van der Waals surface area contributed by atoms with Crippen LogP contribution in [0, 0.1) is 6.92 Å². The lowest BCUT2D eigenvalue weighted by Gasteiger charge is -2.09. The molecule has 1 aliphatic rings. The number of ketones is 1. The van der Waals surface area contributed by atoms with Gasteiger partial charge in [0.25, 0.3) is 10.1 Å². The average Bonchev–Trinajstić information content (AvgIpc) is 3.09. The van der Waals surface area contributed by atoms with Gasteiger partial charge in [-0.15, -0.1) is 10.2 Å². The molecule has 16 nitrogen and oxygen atoms in total. The average molecular weight is 694 g/mol. The smallest absolute Gasteiger partial charge is 0.339 e. The van der Waals surface area contributed by atoms with Crippen LogP contribution in [0.3, 0.4) is 0 Å². The van der Waals surface area contributed by atoms with Crippen LogP contribution in [0.2, 0.25) is 0 Å². The maximum Gasteiger partial charge on any atom is 0.339 e. The maximum absolute atomic E-state index is 11.6. The number of hydrazone groups is 1. The Kier molecular flexibility index (Phi) is 10.0. The van der Waals surface area contributed by atoms with Gasteiger partial charge in [0.15, 0.2) is 5.78 Å². The van der Waals surface area contributed by atoms with Gasteiger partial charge in [-0.05, 0) is 110 Å². The van der Waals surface area contributed by atoms with Crippen molar-refractivity contribution in [2.24, 2.45) is 30.6 Å². The zero-order valence-electron chi connectivity index (χ0n) is 26.0. The van der Waals surface area contributed by atoms with Gasteiger partial charge in [0, 0.05) is 5.56 Å². The molecule has 0 heterocycles. The number of carboxylic acids is 1. The SMILES string of the molecule is Cc1cc(N=Nc2ccc(S(=O)(=O)O)cc2)c(N)c(N=Nc2ccc(N=C(O)c3ccc(N/N=C4/C=CC(=O)C(C(=O)O)=C4)cc3)cc2)c1N. The molecule has 8 N–H and O–H groups in total. The molecule has 1 aliphatic carbocycles. The third-order valence-corrected chi connectivity index (χ3v) is 7.84. The lowest BCUT2D eigenvalue weighted by molar-refractivity contribution is -0.134. The van der Waals surface area contributed by atoms with Gasteiger partial charge in [-0.2, -0.15) is 23.7 Å². The molecule has 4 aromatic rings. The number of nitrogen functional groups attached to an aromatic ring is 2. The van der Waals surface area contributed by atoms with E-state index >= 15 is 0 Å². The van der Waals surface area contributed by atoms with Crippen molar-refractivity contribution in [2.75, 3.05) is 16.9 Å². The van der Waals surface area contributed by atoms with Crippen molar-refractivity contribution in [1.82, 2.24) is 0 Å². The second kappa shape index (κ2) is 14.5. The quantitative estimate of drug-likeness (QED) is 0.0148. The van der Waals surface area contributed by atoms with Gasteiger partial charge in [0.2, 0.25) is 5.90 Å². The van der Waals surface area contributed by atoms with E-state index in [0.29, 0.717) is 33.9 Å². The molecular weight excluding hydrogens is 666 g/mol. The molecule has 0 radical (unpaired) electrons. The van der Waals surface area contributed by atoms with Crippen LogP contribution in [0.4, 0.5) is 45.5 Å². The zero-order chi connectivity index (χ0) is 36.0. The predicted molar refractivity (Wildman–Crippen MR) is 187 cm³/mol. The van der Waals surface area contributed by atoms with E-state index in [1.807, 2.05) is 0 Å². The lowest BCUT2D eigenvalue weighted by Crippen LogP contribution is -2.16. The van der Waals surface area contributed by atoms with Crippen LogP contribution in [0.15, 0.2) is 138 Å². The van der Waals surface area contributed by atoms with Gasteiger partial charge < -0.3 is 21.7 Å². The molecule has 0 amide bonds. The predicted octanol–water partition coefficient (Wildman–Crippen LogP) is 6.79. The largest absolute Gasteiger partial charge is 0.493 e. The number of carbonyl (C=O) groups excluding carboxylic acids is 1. The van der Waals surface area contributed by atoms with E-state index in [-0.39, 0.29) is 44.8 Å². The maximum atomic E-state index is 11.6. The molecule has 0 saturated heterocycles. The molecule has 0 unspecified atom stereocenters. The minimum atomic E-state index is -4.34. The summed E-state index contributed by atoms with van der Waals surface area (Å²) in [5.74, 6) is -2.21. The van der Waals surface area contributed by atoms with Crippen LogP contribution < -0.4 is 16.9 Å². The van der Waals surface area contributed by atoms with E-state index < -0.39 is 21.9 Å². The number of carboxylic acid groups (broad SMARTS) is 1. The number of nitrogens with zero attached hydrogens (tertiary/aromatic N) is 6. The molecule has 0 atom stereocenters. The number of aliphatic carboxylic acids is 1. The van der Waals surface area contributed by atoms with Crippen molar-refractivity contribution < 1.29 is 32.8 Å². The monoisotopic (exact) mass is 693 g/mol. The molecule has 4 aromatic carbocycles. The lowest BCUT2D eigenvalue weighted by atomic mass is 10.0. The molecule has 0 aromatic heterocycles. The van der Waals surface area contributed by atoms with Gasteiger partial charge in [0.05, 0.1) is 44.7 Å². The van der Waals surface area contributed by atoms with Crippen LogP contribution in [-0.4, -0.2) is 46.5 Å². The fourth-order valence-electron chi connectivity index (χ4n) is 4.27. The highest BCUT2D eigenvalue weighted by Gasteiger charge is 2.19. The Balaban J connectivity index is 1.25. The Morgan fingerprint density at radius 2 is 1.38 bits per heavy atom. The minimum absolute atomic E-state index is 0.112. The molecule has 0 aliphatic heterocycles. The first-order valence-electron chi connectivity index (χ1n) is 14.4. The van der Waals surface area contributed by atoms with Gasteiger partial charge in [-0.3, -0.25) is 14.8 Å². The Labute approximate surface area is 284 Å². The number of aliphatic hydroxyl groups is 1. The second-order valence-electron chi connectivity index (χ2n) is 10.5. The molecule has 252 valence electrons. The number of anilines is 3. The van der Waals surface area contributed by atoms with Crippen LogP contribution in [0.5, 0.6) is 0 Å². The van der Waals surface area contributed by atoms with Gasteiger partial charge >= 0.3 is 5.97 Å². The van der Waals surface area contributed by atoms with Crippen molar-refractivity contribution in [2.45, 2.75) is 11.8 Å². The van der Waals surface area contributed by atoms with E-state index in [9.17, 15) is 23.1 Å². The number of benzene rings is 4. The molecule has 0 fully saturated rings. The van der Waals surface area contributed by atoms with E-state index in [0.717, 1.165) is 12.2 Å². The third-order valence-electron chi connectivity index (χ3n) is 6.97. The van der Waals surface area contributed by atoms with E-state index in [1.165, 1.54) is 30.3 Å². The number of carbonyl (C=O) groups is 2. The summed E-state index contributed by atoms with van der Waals surface area (Å²) in [6.07, 6.45) is 3.68. The summed E-state index contributed by atoms with van der Waals surface area (Å²) in [6, 6.07) is 19.7. The van der Waals surface area contributed by atoms with Crippen molar-refractivity contribution in [3.05, 3.63) is 114 Å². The van der Waals surface area contributed by atoms with Crippen molar-refractivity contribution in [1.29, 1.82) is 0 Å². The highest BCUT2D eigenvalue weighted by Crippen LogP contribution is 2.41. The standard InChI is InChI=1S/C33H27N9O7S/c1-18-16-27(41-38-23-10-13-25(14-11-23)50(47,48)49)30(35)31(29(18)34)42-39-22-8-6-20(7-9-22)36-32(44)19-2-4-21(5-3-19)37-40-24-12-15-28(43)26(17-24)33(45)46/h2-17,37H,34-35H2,1H3,(H,36,44)(H,45,46)(H,47,48,49)/b40-24-,41-38?,42-39?. The number of allylic oxidation sites excluding steroid dienone is 3. The number of aliphatic hydroxyl groups excluding tert-OH is 1. The van der Waals surface area contributed by atoms with E-state index in [4.69, 9.17) is 21.1 Å². The van der Waals surface area contributed by atoms with Crippen LogP contribution in [0.25, 0.3) is 0 Å². The van der Waals surface area contributed by atoms with Crippen LogP contribution >= 0.6 is 0 Å². The van der Waals surface area contributed by atoms with Gasteiger partial charge in [-0.1, -0.05) is 0 Å². The van der Waals surface area contributed by atoms with E-state index in [2.05, 4.69) is 36.0 Å². The first-order valence-corrected chi connectivity index (χ1v) is 15.8. The van der Waals surface area contributed by atoms with Crippen molar-refractivity contribution in [3.63, 3.8) is 0 Å². The van der Waals surface area contributed by atoms with E-state index in [1.54, 1.807) is 61.5 Å². The normalized spacial score (nSPS) is 14.4. The van der Waals surface area contributed by atoms with Crippen molar-refractivity contribution >= 4 is 79.0 Å². The summed E-state index contributed by atoms with van der Waals surface area (Å²) in [6.45, 7) is 1.74. The number of aryl methyl sites for hydroxylation is 1. The molecule has 17 heteroatoms. The number of azo groups is 2. The van der Waals surface area contributed by atoms with Crippen molar-refractivity contribution in [3.8, 4) is 0 Å². The third kappa shape index (κ3) is 8.35. The summed E-state index contributed by atoms with van der Waals surface area (Å²) >= 11 is 0. The number of nitrogens with one attached hydrogen (secondary N) is 1. The number of hydrogen-bond donors (Lipinski definition) is 6. The number of rotatable bonds is 10. The summed E-state index contributed by atoms with van der Waals surface area (Å²) in [5.41, 5.74) is 18.7. The number of aliphatic imine (C=N–C) groups is 1. The summed E-state index contributed by atoms with van der Waals surface area (Å²) in [4.78, 5) is 26.7. The number of hydrogen-bond acceptors (Lipinski definition) is 13. The minimum Gasteiger partial charge on any atom is -0.493 e. The highest BCUT2D eigenvalue weighted by atomic mass is 32.2. The Morgan fingerprint density at radius 1 is 0.780 bits per heavy atom. The second-order valence-corrected chi connectivity index (χ2v) is 11.9. The molecular formula is C33H27N9O7S. The first kappa shape index (κ1) is 34.5. The highest BCUT2D eigenvalue weighted by molar-refractivity contribution is 7.85. The molecule has 0 bridgehead atoms. The zero-order valence-corrected chi connectivity index (χ0v) is 26.8. The summed E-state index contributed by atoms with van der Waals surface area (Å²) in [5, 5.41) is 40.4.